The molecular formula is C106H202N10O10. The first kappa shape index (κ1) is 106. The quantitative estimate of drug-likeness (QED) is 0.206. The summed E-state index contributed by atoms with van der Waals surface area (Å²) in [6.07, 6.45) is 44.5. The van der Waals surface area contributed by atoms with Crippen LogP contribution in [0.5, 0.6) is 0 Å². The van der Waals surface area contributed by atoms with E-state index in [0.29, 0.717) is 75.0 Å². The van der Waals surface area contributed by atoms with Crippen molar-refractivity contribution in [3.05, 3.63) is 0 Å². The van der Waals surface area contributed by atoms with Gasteiger partial charge in [-0.05, 0) is 382 Å². The number of nitrogens with zero attached hydrogens (tertiary/aromatic N) is 10. The van der Waals surface area contributed by atoms with Crippen LogP contribution < -0.4 is 0 Å². The lowest BCUT2D eigenvalue weighted by Gasteiger charge is -2.56. The second kappa shape index (κ2) is 49.5. The average molecular weight is 1780 g/mol. The van der Waals surface area contributed by atoms with E-state index in [4.69, 9.17) is 47.4 Å². The van der Waals surface area contributed by atoms with E-state index in [9.17, 15) is 0 Å². The molecule has 0 bridgehead atoms. The standard InChI is InChI=1S/6C11H21NO.4C10H19NO/c1-10(2)12-6-3-11(9-12)4-7-13-8-5-11;1-10(2)12-7-3-5-11(12)6-4-8-13-9-11;1-10(2)12-7-3-4-11(12)5-8-13-9-6-11;1-10(2)12-6-5-11(8-12)4-3-7-13-9-11;1-10(2)12-8-5-7-11(12)6-3-4-9-13-11;1-10(2)12-7-6-11(9-12)5-3-4-8-13-11;1-9(2)11-7-10(8-11)3-5-12-6-4-10;1-9(2)11-6-10(7-11)4-3-5-12-8-10;1-9(2)11-7-6-10(11)5-3-4-8-12-10;1-9(2)11-7-10(8-11)5-3-4-6-12-10/h6*10H,3-9H2,1-2H3;4*9H,3-8H2,1-2H3. The fraction of sp³-hybridized carbons (Fsp3) is 1.00. The molecule has 0 amide bonds. The molecule has 20 fully saturated rings. The normalized spacial score (nSPS) is 32.8. The number of hydrogen-bond donors (Lipinski definition) is 0. The third-order valence-corrected chi connectivity index (χ3v) is 34.5. The maximum absolute atomic E-state index is 6.03. The first-order chi connectivity index (χ1) is 60.3. The molecule has 0 aliphatic carbocycles. The van der Waals surface area contributed by atoms with Gasteiger partial charge < -0.3 is 57.2 Å². The van der Waals surface area contributed by atoms with E-state index in [0.717, 1.165) is 124 Å². The Kier molecular flexibility index (Phi) is 41.5. The first-order valence-corrected chi connectivity index (χ1v) is 53.8. The molecular weight excluding hydrogens is 1570 g/mol. The van der Waals surface area contributed by atoms with Gasteiger partial charge in [0.15, 0.2) is 0 Å². The van der Waals surface area contributed by atoms with Crippen LogP contribution in [0.3, 0.4) is 0 Å². The Morgan fingerprint density at radius 3 is 0.921 bits per heavy atom. The van der Waals surface area contributed by atoms with E-state index in [1.807, 2.05) is 0 Å². The highest BCUT2D eigenvalue weighted by atomic mass is 16.5. The zero-order valence-corrected chi connectivity index (χ0v) is 86.0. The summed E-state index contributed by atoms with van der Waals surface area (Å²) in [6, 6.07) is 6.95. The van der Waals surface area contributed by atoms with Crippen molar-refractivity contribution in [3.63, 3.8) is 0 Å². The molecule has 10 spiro atoms. The van der Waals surface area contributed by atoms with Gasteiger partial charge in [0.05, 0.1) is 31.0 Å². The molecule has 20 heterocycles. The van der Waals surface area contributed by atoms with Gasteiger partial charge in [0.1, 0.15) is 11.4 Å². The minimum absolute atomic E-state index is 0.145. The molecule has 5 unspecified atom stereocenters. The molecule has 20 aliphatic rings. The molecule has 0 aromatic heterocycles. The van der Waals surface area contributed by atoms with Gasteiger partial charge in [-0.2, -0.15) is 0 Å². The highest BCUT2D eigenvalue weighted by Gasteiger charge is 2.52. The van der Waals surface area contributed by atoms with Gasteiger partial charge in [0.2, 0.25) is 0 Å². The predicted octanol–water partition coefficient (Wildman–Crippen LogP) is 19.0. The molecule has 0 radical (unpaired) electrons. The summed E-state index contributed by atoms with van der Waals surface area (Å²) in [5.74, 6) is 0. The summed E-state index contributed by atoms with van der Waals surface area (Å²) in [4.78, 5) is 25.8. The van der Waals surface area contributed by atoms with Crippen molar-refractivity contribution in [2.45, 2.75) is 451 Å². The highest BCUT2D eigenvalue weighted by Crippen LogP contribution is 2.48. The molecule has 736 valence electrons. The Morgan fingerprint density at radius 2 is 0.508 bits per heavy atom. The van der Waals surface area contributed by atoms with Crippen LogP contribution in [-0.2, 0) is 47.4 Å². The molecule has 0 aromatic carbocycles. The average Bonchev–Trinajstić information content (AvgIpc) is 0.865. The van der Waals surface area contributed by atoms with Crippen LogP contribution in [0.2, 0.25) is 0 Å². The Bertz CT molecular complexity index is 2680. The monoisotopic (exact) mass is 1780 g/mol. The molecule has 20 saturated heterocycles. The second-order valence-corrected chi connectivity index (χ2v) is 46.9. The predicted molar refractivity (Wildman–Crippen MR) is 519 cm³/mol. The van der Waals surface area contributed by atoms with E-state index < -0.39 is 0 Å². The van der Waals surface area contributed by atoms with Crippen molar-refractivity contribution >= 4 is 0 Å². The molecule has 126 heavy (non-hydrogen) atoms. The maximum Gasteiger partial charge on any atom is 0.123 e. The molecule has 20 aliphatic heterocycles. The number of hydrogen-bond acceptors (Lipinski definition) is 20. The van der Waals surface area contributed by atoms with Crippen molar-refractivity contribution in [2.75, 3.05) is 210 Å². The van der Waals surface area contributed by atoms with Gasteiger partial charge in [0.25, 0.3) is 0 Å². The van der Waals surface area contributed by atoms with E-state index in [2.05, 4.69) is 187 Å². The molecule has 0 saturated carbocycles. The molecule has 5 atom stereocenters. The maximum atomic E-state index is 6.03. The van der Waals surface area contributed by atoms with Crippen molar-refractivity contribution in [1.82, 2.24) is 49.0 Å². The molecule has 20 rings (SSSR count). The summed E-state index contributed by atoms with van der Waals surface area (Å²) < 4.78 is 56.8. The fourth-order valence-corrected chi connectivity index (χ4v) is 26.1. The van der Waals surface area contributed by atoms with E-state index in [1.54, 1.807) is 0 Å². The Morgan fingerprint density at radius 1 is 0.175 bits per heavy atom. The molecule has 0 N–H and O–H groups in total. The van der Waals surface area contributed by atoms with Crippen LogP contribution in [0.4, 0.5) is 0 Å². The van der Waals surface area contributed by atoms with Gasteiger partial charge in [0, 0.05) is 259 Å². The van der Waals surface area contributed by atoms with Crippen LogP contribution in [-0.4, -0.2) is 354 Å². The number of likely N-dealkylation sites (tertiary alicyclic amines) is 10. The van der Waals surface area contributed by atoms with Crippen molar-refractivity contribution in [3.8, 4) is 0 Å². The van der Waals surface area contributed by atoms with E-state index in [1.165, 1.54) is 323 Å². The minimum atomic E-state index is 0.145. The molecule has 0 aromatic rings. The number of rotatable bonds is 10. The summed E-state index contributed by atoms with van der Waals surface area (Å²) in [7, 11) is 0. The van der Waals surface area contributed by atoms with Gasteiger partial charge in [-0.1, -0.05) is 0 Å². The fourth-order valence-electron chi connectivity index (χ4n) is 26.1. The lowest BCUT2D eigenvalue weighted by Crippen LogP contribution is -2.65. The van der Waals surface area contributed by atoms with Crippen molar-refractivity contribution < 1.29 is 47.4 Å². The van der Waals surface area contributed by atoms with Gasteiger partial charge in [-0.15, -0.1) is 0 Å². The smallest absolute Gasteiger partial charge is 0.123 e. The summed E-state index contributed by atoms with van der Waals surface area (Å²) in [5, 5.41) is 0. The Hall–Kier alpha value is -0.800. The van der Waals surface area contributed by atoms with Crippen LogP contribution in [0.1, 0.15) is 357 Å². The third-order valence-electron chi connectivity index (χ3n) is 34.5. The van der Waals surface area contributed by atoms with Crippen LogP contribution in [0.25, 0.3) is 0 Å². The molecule has 20 heteroatoms. The summed E-state index contributed by atoms with van der Waals surface area (Å²) in [5.41, 5.74) is 4.17. The summed E-state index contributed by atoms with van der Waals surface area (Å²) in [6.45, 7) is 81.7. The van der Waals surface area contributed by atoms with E-state index in [-0.39, 0.29) is 22.7 Å². The van der Waals surface area contributed by atoms with Gasteiger partial charge in [-0.3, -0.25) is 39.2 Å². The van der Waals surface area contributed by atoms with Crippen molar-refractivity contribution in [2.24, 2.45) is 21.7 Å². The van der Waals surface area contributed by atoms with Crippen molar-refractivity contribution in [1.29, 1.82) is 0 Å². The minimum Gasteiger partial charge on any atom is -0.381 e. The lowest BCUT2D eigenvalue weighted by molar-refractivity contribution is -0.247. The number of ether oxygens (including phenoxy) is 10. The SMILES string of the molecule is CC(C)N1CC2(CCCCO2)C1.CC(C)N1CC2(CCCOC2)C1.CC(C)N1CC2(CCOCC2)C1.CC(C)N1CCC12CCCCO2.CC(C)N1CCC2(CCCCO2)C1.CC(C)N1CCC2(CCCOC2)C1.CC(C)N1CCC2(CCOCC2)C1.CC(C)N1CCCC12CCCCO2.CC(C)N1CCCC12CCCOC2.CC(C)N1CCCC12CCOCC2. The second-order valence-electron chi connectivity index (χ2n) is 46.9. The largest absolute Gasteiger partial charge is 0.381 e. The topological polar surface area (TPSA) is 125 Å². The van der Waals surface area contributed by atoms with Crippen LogP contribution in [0.15, 0.2) is 0 Å². The highest BCUT2D eigenvalue weighted by molar-refractivity contribution is 5.05. The Labute approximate surface area is 775 Å². The van der Waals surface area contributed by atoms with Gasteiger partial charge >= 0.3 is 0 Å². The zero-order chi connectivity index (χ0) is 90.3. The summed E-state index contributed by atoms with van der Waals surface area (Å²) >= 11 is 0. The van der Waals surface area contributed by atoms with Crippen LogP contribution in [0, 0.1) is 21.7 Å². The van der Waals surface area contributed by atoms with Crippen LogP contribution >= 0.6 is 0 Å². The van der Waals surface area contributed by atoms with E-state index >= 15 is 0 Å². The lowest BCUT2D eigenvalue weighted by atomic mass is 9.73. The molecule has 20 nitrogen and oxygen atoms in total. The first-order valence-electron chi connectivity index (χ1n) is 53.8. The Balaban J connectivity index is 0.000000136. The zero-order valence-electron chi connectivity index (χ0n) is 86.0. The van der Waals surface area contributed by atoms with Gasteiger partial charge in [-0.25, -0.2) is 0 Å². The third kappa shape index (κ3) is 28.7.